The maximum Gasteiger partial charge on any atom is 0.277 e. The van der Waals surface area contributed by atoms with Crippen molar-refractivity contribution in [2.75, 3.05) is 25.6 Å². The molecule has 0 aliphatic rings. The van der Waals surface area contributed by atoms with Gasteiger partial charge in [0, 0.05) is 24.8 Å². The van der Waals surface area contributed by atoms with Crippen LogP contribution in [0.15, 0.2) is 41.5 Å². The summed E-state index contributed by atoms with van der Waals surface area (Å²) < 4.78 is 5.48. The Morgan fingerprint density at radius 2 is 1.80 bits per heavy atom. The molecular formula is C19H22ClN3O2. The molecule has 0 saturated heterocycles. The maximum atomic E-state index is 11.8. The lowest BCUT2D eigenvalue weighted by Gasteiger charge is -2.11. The maximum absolute atomic E-state index is 11.8. The van der Waals surface area contributed by atoms with Crippen molar-refractivity contribution in [3.8, 4) is 5.75 Å². The van der Waals surface area contributed by atoms with Crippen LogP contribution in [0.4, 0.5) is 5.69 Å². The molecule has 2 aromatic rings. The molecule has 2 rings (SSSR count). The molecule has 0 fully saturated rings. The topological polar surface area (TPSA) is 53.9 Å². The van der Waals surface area contributed by atoms with Crippen LogP contribution < -0.4 is 15.1 Å². The second kappa shape index (κ2) is 8.53. The number of ether oxygens (including phenoxy) is 1. The van der Waals surface area contributed by atoms with Crippen molar-refractivity contribution in [3.05, 3.63) is 58.1 Å². The van der Waals surface area contributed by atoms with Gasteiger partial charge >= 0.3 is 0 Å². The Labute approximate surface area is 153 Å². The van der Waals surface area contributed by atoms with Gasteiger partial charge in [-0.1, -0.05) is 23.7 Å². The van der Waals surface area contributed by atoms with E-state index in [0.29, 0.717) is 10.8 Å². The summed E-state index contributed by atoms with van der Waals surface area (Å²) in [5.41, 5.74) is 6.27. The van der Waals surface area contributed by atoms with Gasteiger partial charge in [-0.25, -0.2) is 5.43 Å². The summed E-state index contributed by atoms with van der Waals surface area (Å²) in [7, 11) is 3.96. The van der Waals surface area contributed by atoms with Crippen molar-refractivity contribution < 1.29 is 9.53 Å². The average molecular weight is 360 g/mol. The number of hydrogen-bond acceptors (Lipinski definition) is 4. The lowest BCUT2D eigenvalue weighted by molar-refractivity contribution is -0.123. The first kappa shape index (κ1) is 18.8. The number of hydrogen-bond donors (Lipinski definition) is 1. The third kappa shape index (κ3) is 5.50. The van der Waals surface area contributed by atoms with Crippen LogP contribution in [0, 0.1) is 13.8 Å². The van der Waals surface area contributed by atoms with E-state index in [1.165, 1.54) is 0 Å². The fourth-order valence-electron chi connectivity index (χ4n) is 2.21. The molecule has 132 valence electrons. The van der Waals surface area contributed by atoms with E-state index in [1.807, 2.05) is 57.1 Å². The van der Waals surface area contributed by atoms with Gasteiger partial charge in [-0.2, -0.15) is 5.10 Å². The van der Waals surface area contributed by atoms with Gasteiger partial charge in [-0.3, -0.25) is 4.79 Å². The van der Waals surface area contributed by atoms with Crippen LogP contribution in [0.25, 0.3) is 0 Å². The zero-order chi connectivity index (χ0) is 18.4. The lowest BCUT2D eigenvalue weighted by atomic mass is 10.1. The molecule has 1 amide bonds. The van der Waals surface area contributed by atoms with E-state index in [0.717, 1.165) is 22.4 Å². The van der Waals surface area contributed by atoms with Gasteiger partial charge in [0.05, 0.1) is 6.21 Å². The van der Waals surface area contributed by atoms with Gasteiger partial charge in [0.25, 0.3) is 5.91 Å². The van der Waals surface area contributed by atoms with E-state index in [-0.39, 0.29) is 12.5 Å². The fourth-order valence-corrected chi connectivity index (χ4v) is 2.32. The Kier molecular flexibility index (Phi) is 6.42. The van der Waals surface area contributed by atoms with Gasteiger partial charge in [0.1, 0.15) is 5.75 Å². The first-order chi connectivity index (χ1) is 11.9. The Morgan fingerprint density at radius 1 is 1.20 bits per heavy atom. The highest BCUT2D eigenvalue weighted by Gasteiger charge is 2.06. The summed E-state index contributed by atoms with van der Waals surface area (Å²) in [6.45, 7) is 3.68. The monoisotopic (exact) mass is 359 g/mol. The number of aryl methyl sites for hydroxylation is 2. The van der Waals surface area contributed by atoms with E-state index in [1.54, 1.807) is 18.3 Å². The number of hydrazone groups is 1. The van der Waals surface area contributed by atoms with E-state index in [9.17, 15) is 4.79 Å². The summed E-state index contributed by atoms with van der Waals surface area (Å²) in [6, 6.07) is 11.4. The molecule has 0 heterocycles. The summed E-state index contributed by atoms with van der Waals surface area (Å²) in [5.74, 6) is 0.282. The number of amides is 1. The molecule has 0 aromatic heterocycles. The molecule has 0 saturated carbocycles. The lowest BCUT2D eigenvalue weighted by Crippen LogP contribution is -2.24. The number of nitrogens with one attached hydrogen (secondary N) is 1. The van der Waals surface area contributed by atoms with Gasteiger partial charge in [0.15, 0.2) is 6.61 Å². The normalized spacial score (nSPS) is 10.8. The van der Waals surface area contributed by atoms with Crippen molar-refractivity contribution in [2.24, 2.45) is 5.10 Å². The number of carbonyl (C=O) groups is 1. The minimum Gasteiger partial charge on any atom is -0.484 e. The molecule has 25 heavy (non-hydrogen) atoms. The molecule has 0 aliphatic heterocycles. The molecule has 1 N–H and O–H groups in total. The van der Waals surface area contributed by atoms with E-state index < -0.39 is 0 Å². The zero-order valence-electron chi connectivity index (χ0n) is 14.8. The molecule has 6 heteroatoms. The van der Waals surface area contributed by atoms with Gasteiger partial charge in [-0.05, 0) is 54.8 Å². The average Bonchev–Trinajstić information content (AvgIpc) is 2.58. The number of nitrogens with zero attached hydrogens (tertiary/aromatic N) is 2. The molecule has 2 aromatic carbocycles. The summed E-state index contributed by atoms with van der Waals surface area (Å²) >= 11 is 6.11. The van der Waals surface area contributed by atoms with Crippen molar-refractivity contribution in [2.45, 2.75) is 13.8 Å². The number of halogens is 1. The summed E-state index contributed by atoms with van der Waals surface area (Å²) in [5, 5.41) is 4.65. The van der Waals surface area contributed by atoms with Crippen LogP contribution in [-0.4, -0.2) is 32.8 Å². The molecule has 0 atom stereocenters. The third-order valence-electron chi connectivity index (χ3n) is 3.59. The minimum absolute atomic E-state index is 0.114. The number of carbonyl (C=O) groups excluding carboxylic acids is 1. The SMILES string of the molecule is Cc1cc(OCC(=O)N/N=C/c2ccc(N(C)C)cc2)cc(C)c1Cl. The number of benzene rings is 2. The van der Waals surface area contributed by atoms with Crippen molar-refractivity contribution in [3.63, 3.8) is 0 Å². The summed E-state index contributed by atoms with van der Waals surface area (Å²) in [4.78, 5) is 13.8. The summed E-state index contributed by atoms with van der Waals surface area (Å²) in [6.07, 6.45) is 1.59. The molecule has 0 unspecified atom stereocenters. The Morgan fingerprint density at radius 3 is 2.36 bits per heavy atom. The van der Waals surface area contributed by atoms with Crippen LogP contribution in [0.1, 0.15) is 16.7 Å². The van der Waals surface area contributed by atoms with E-state index in [4.69, 9.17) is 16.3 Å². The van der Waals surface area contributed by atoms with Crippen LogP contribution in [0.3, 0.4) is 0 Å². The Balaban J connectivity index is 1.84. The molecule has 0 bridgehead atoms. The quantitative estimate of drug-likeness (QED) is 0.634. The van der Waals surface area contributed by atoms with E-state index in [2.05, 4.69) is 10.5 Å². The van der Waals surface area contributed by atoms with E-state index >= 15 is 0 Å². The van der Waals surface area contributed by atoms with Gasteiger partial charge < -0.3 is 9.64 Å². The molecule has 5 nitrogen and oxygen atoms in total. The van der Waals surface area contributed by atoms with Crippen molar-refractivity contribution in [1.82, 2.24) is 5.43 Å². The predicted molar refractivity (Wildman–Crippen MR) is 103 cm³/mol. The molecule has 0 radical (unpaired) electrons. The number of rotatable bonds is 6. The second-order valence-corrected chi connectivity index (χ2v) is 6.32. The number of anilines is 1. The Bertz CT molecular complexity index is 748. The van der Waals surface area contributed by atoms with Crippen molar-refractivity contribution in [1.29, 1.82) is 0 Å². The van der Waals surface area contributed by atoms with Crippen LogP contribution in [0.5, 0.6) is 5.75 Å². The highest BCUT2D eigenvalue weighted by Crippen LogP contribution is 2.25. The van der Waals surface area contributed by atoms with Gasteiger partial charge in [0.2, 0.25) is 0 Å². The minimum atomic E-state index is -0.327. The predicted octanol–water partition coefficient (Wildman–Crippen LogP) is 3.55. The standard InChI is InChI=1S/C19H22ClN3O2/c1-13-9-17(10-14(2)19(13)20)25-12-18(24)22-21-11-15-5-7-16(8-6-15)23(3)4/h5-11H,12H2,1-4H3,(H,22,24)/b21-11+. The highest BCUT2D eigenvalue weighted by atomic mass is 35.5. The highest BCUT2D eigenvalue weighted by molar-refractivity contribution is 6.32. The third-order valence-corrected chi connectivity index (χ3v) is 4.19. The first-order valence-electron chi connectivity index (χ1n) is 7.85. The fraction of sp³-hybridized carbons (Fsp3) is 0.263. The largest absolute Gasteiger partial charge is 0.484 e. The molecular weight excluding hydrogens is 338 g/mol. The molecule has 0 spiro atoms. The molecule has 0 aliphatic carbocycles. The zero-order valence-corrected chi connectivity index (χ0v) is 15.6. The van der Waals surface area contributed by atoms with Crippen LogP contribution in [0.2, 0.25) is 5.02 Å². The van der Waals surface area contributed by atoms with Gasteiger partial charge in [-0.15, -0.1) is 0 Å². The Hall–Kier alpha value is -2.53. The van der Waals surface area contributed by atoms with Crippen molar-refractivity contribution >= 4 is 29.4 Å². The second-order valence-electron chi connectivity index (χ2n) is 5.94. The smallest absolute Gasteiger partial charge is 0.277 e. The first-order valence-corrected chi connectivity index (χ1v) is 8.23. The van der Waals surface area contributed by atoms with Crippen LogP contribution in [-0.2, 0) is 4.79 Å². The van der Waals surface area contributed by atoms with Crippen LogP contribution >= 0.6 is 11.6 Å².